The van der Waals surface area contributed by atoms with Crippen molar-refractivity contribution in [1.82, 2.24) is 10.2 Å². The van der Waals surface area contributed by atoms with Crippen molar-refractivity contribution >= 4 is 11.6 Å². The van der Waals surface area contributed by atoms with E-state index in [1.807, 2.05) is 0 Å². The lowest BCUT2D eigenvalue weighted by Gasteiger charge is -2.15. The second-order valence-corrected chi connectivity index (χ2v) is 5.66. The molecule has 0 radical (unpaired) electrons. The molecule has 7 heteroatoms. The first-order valence-corrected chi connectivity index (χ1v) is 7.62. The molecular weight excluding hydrogens is 353 g/mol. The number of rotatable bonds is 3. The summed E-state index contributed by atoms with van der Waals surface area (Å²) in [5.74, 6) is -2.53. The number of halogens is 4. The molecule has 3 nitrogen and oxygen atoms in total. The van der Waals surface area contributed by atoms with E-state index in [2.05, 4.69) is 10.2 Å². The Hall–Kier alpha value is -2.60. The van der Waals surface area contributed by atoms with E-state index in [-0.39, 0.29) is 10.7 Å². The van der Waals surface area contributed by atoms with Gasteiger partial charge in [0.25, 0.3) is 0 Å². The van der Waals surface area contributed by atoms with E-state index in [1.165, 1.54) is 7.11 Å². The summed E-state index contributed by atoms with van der Waals surface area (Å²) in [7, 11) is 1.53. The standard InChI is InChI=1S/C18H12ClF3N2O/c1-9-15(10-3-5-12(25-2)6-4-10)17(18(19)24-23-9)16-13(21)7-11(20)8-14(16)22/h3-8H,1-2H3. The Kier molecular flexibility index (Phi) is 4.63. The molecule has 0 spiro atoms. The molecule has 0 saturated heterocycles. The van der Waals surface area contributed by atoms with Crippen LogP contribution < -0.4 is 4.74 Å². The lowest BCUT2D eigenvalue weighted by Crippen LogP contribution is -2.01. The molecule has 0 aliphatic rings. The number of aryl methyl sites for hydroxylation is 1. The second kappa shape index (κ2) is 6.72. The number of hydrogen-bond donors (Lipinski definition) is 0. The smallest absolute Gasteiger partial charge is 0.160 e. The summed E-state index contributed by atoms with van der Waals surface area (Å²) in [5, 5.41) is 7.49. The van der Waals surface area contributed by atoms with Crippen molar-refractivity contribution in [2.24, 2.45) is 0 Å². The van der Waals surface area contributed by atoms with Crippen LogP contribution in [0, 0.1) is 24.4 Å². The molecule has 3 rings (SSSR count). The van der Waals surface area contributed by atoms with Crippen molar-refractivity contribution < 1.29 is 17.9 Å². The molecule has 3 aromatic rings. The van der Waals surface area contributed by atoms with Gasteiger partial charge in [0.05, 0.1) is 18.4 Å². The van der Waals surface area contributed by atoms with Gasteiger partial charge in [-0.3, -0.25) is 0 Å². The summed E-state index contributed by atoms with van der Waals surface area (Å²) >= 11 is 6.10. The Morgan fingerprint density at radius 3 is 2.04 bits per heavy atom. The molecular formula is C18H12ClF3N2O. The highest BCUT2D eigenvalue weighted by Crippen LogP contribution is 2.40. The normalized spacial score (nSPS) is 10.8. The van der Waals surface area contributed by atoms with E-state index >= 15 is 0 Å². The van der Waals surface area contributed by atoms with Gasteiger partial charge in [0.15, 0.2) is 5.15 Å². The van der Waals surface area contributed by atoms with E-state index in [0.717, 1.165) is 0 Å². The van der Waals surface area contributed by atoms with Crippen LogP contribution in [0.4, 0.5) is 13.2 Å². The van der Waals surface area contributed by atoms with E-state index in [4.69, 9.17) is 16.3 Å². The third-order valence-corrected chi connectivity index (χ3v) is 4.01. The molecule has 0 unspecified atom stereocenters. The Bertz CT molecular complexity index is 923. The van der Waals surface area contributed by atoms with Gasteiger partial charge in [0.1, 0.15) is 23.2 Å². The van der Waals surface area contributed by atoms with Crippen molar-refractivity contribution in [2.75, 3.05) is 7.11 Å². The minimum atomic E-state index is -1.07. The van der Waals surface area contributed by atoms with Crippen LogP contribution in [0.1, 0.15) is 5.69 Å². The summed E-state index contributed by atoms with van der Waals surface area (Å²) < 4.78 is 47.0. The summed E-state index contributed by atoms with van der Waals surface area (Å²) in [6.45, 7) is 1.64. The highest BCUT2D eigenvalue weighted by Gasteiger charge is 2.23. The molecule has 0 aliphatic heterocycles. The zero-order chi connectivity index (χ0) is 18.1. The molecule has 1 aromatic heterocycles. The fourth-order valence-electron chi connectivity index (χ4n) is 2.62. The Balaban J connectivity index is 2.33. The highest BCUT2D eigenvalue weighted by molar-refractivity contribution is 6.32. The first-order valence-electron chi connectivity index (χ1n) is 7.24. The highest BCUT2D eigenvalue weighted by atomic mass is 35.5. The summed E-state index contributed by atoms with van der Waals surface area (Å²) in [5.41, 5.74) is 1.03. The van der Waals surface area contributed by atoms with Gasteiger partial charge in [-0.15, -0.1) is 5.10 Å². The molecule has 25 heavy (non-hydrogen) atoms. The molecule has 0 N–H and O–H groups in total. The largest absolute Gasteiger partial charge is 0.497 e. The van der Waals surface area contributed by atoms with Crippen LogP contribution >= 0.6 is 11.6 Å². The monoisotopic (exact) mass is 364 g/mol. The van der Waals surface area contributed by atoms with Crippen LogP contribution in [-0.2, 0) is 0 Å². The van der Waals surface area contributed by atoms with Crippen LogP contribution in [0.2, 0.25) is 5.15 Å². The molecule has 0 amide bonds. The number of methoxy groups -OCH3 is 1. The number of hydrogen-bond acceptors (Lipinski definition) is 3. The van der Waals surface area contributed by atoms with E-state index < -0.39 is 23.0 Å². The van der Waals surface area contributed by atoms with Crippen LogP contribution in [0.15, 0.2) is 36.4 Å². The quantitative estimate of drug-likeness (QED) is 0.641. The maximum absolute atomic E-state index is 14.3. The Morgan fingerprint density at radius 2 is 1.48 bits per heavy atom. The van der Waals surface area contributed by atoms with Gasteiger partial charge in [0, 0.05) is 23.3 Å². The topological polar surface area (TPSA) is 35.0 Å². The van der Waals surface area contributed by atoms with Crippen LogP contribution in [0.5, 0.6) is 5.75 Å². The van der Waals surface area contributed by atoms with Crippen molar-refractivity contribution in [2.45, 2.75) is 6.92 Å². The first kappa shape index (κ1) is 17.2. The average Bonchev–Trinajstić information content (AvgIpc) is 2.57. The predicted molar refractivity (Wildman–Crippen MR) is 89.1 cm³/mol. The SMILES string of the molecule is COc1ccc(-c2c(C)nnc(Cl)c2-c2c(F)cc(F)cc2F)cc1. The fourth-order valence-corrected chi connectivity index (χ4v) is 2.85. The number of benzene rings is 2. The Morgan fingerprint density at radius 1 is 0.880 bits per heavy atom. The van der Waals surface area contributed by atoms with E-state index in [9.17, 15) is 13.2 Å². The second-order valence-electron chi connectivity index (χ2n) is 5.30. The average molecular weight is 365 g/mol. The van der Waals surface area contributed by atoms with E-state index in [0.29, 0.717) is 34.7 Å². The summed E-state index contributed by atoms with van der Waals surface area (Å²) in [6.07, 6.45) is 0. The van der Waals surface area contributed by atoms with Crippen molar-refractivity contribution in [1.29, 1.82) is 0 Å². The third kappa shape index (κ3) is 3.17. The Labute approximate surface area is 147 Å². The molecule has 1 heterocycles. The van der Waals surface area contributed by atoms with Gasteiger partial charge in [0.2, 0.25) is 0 Å². The lowest BCUT2D eigenvalue weighted by molar-refractivity contribution is 0.415. The fraction of sp³-hybridized carbons (Fsp3) is 0.111. The maximum atomic E-state index is 14.3. The van der Waals surface area contributed by atoms with Gasteiger partial charge in [-0.1, -0.05) is 23.7 Å². The molecule has 0 fully saturated rings. The molecule has 128 valence electrons. The van der Waals surface area contributed by atoms with Gasteiger partial charge in [-0.25, -0.2) is 13.2 Å². The molecule has 0 saturated carbocycles. The zero-order valence-electron chi connectivity index (χ0n) is 13.3. The van der Waals surface area contributed by atoms with Crippen molar-refractivity contribution in [3.63, 3.8) is 0 Å². The van der Waals surface area contributed by atoms with E-state index in [1.54, 1.807) is 31.2 Å². The molecule has 0 aliphatic carbocycles. The molecule has 0 bridgehead atoms. The van der Waals surface area contributed by atoms with Gasteiger partial charge >= 0.3 is 0 Å². The summed E-state index contributed by atoms with van der Waals surface area (Å²) in [4.78, 5) is 0. The van der Waals surface area contributed by atoms with Crippen molar-refractivity contribution in [3.05, 3.63) is 64.7 Å². The molecule has 2 aromatic carbocycles. The van der Waals surface area contributed by atoms with Crippen LogP contribution in [0.25, 0.3) is 22.3 Å². The minimum absolute atomic E-state index is 0.0225. The minimum Gasteiger partial charge on any atom is -0.497 e. The van der Waals surface area contributed by atoms with Crippen LogP contribution in [-0.4, -0.2) is 17.3 Å². The van der Waals surface area contributed by atoms with Gasteiger partial charge in [-0.2, -0.15) is 5.10 Å². The molecule has 0 atom stereocenters. The predicted octanol–water partition coefficient (Wildman–Crippen LogP) is 5.20. The lowest BCUT2D eigenvalue weighted by atomic mass is 9.94. The maximum Gasteiger partial charge on any atom is 0.160 e. The van der Waals surface area contributed by atoms with Crippen molar-refractivity contribution in [3.8, 4) is 28.0 Å². The van der Waals surface area contributed by atoms with Gasteiger partial charge in [-0.05, 0) is 24.6 Å². The first-order chi connectivity index (χ1) is 11.9. The summed E-state index contributed by atoms with van der Waals surface area (Å²) in [6, 6.07) is 8.02. The van der Waals surface area contributed by atoms with Gasteiger partial charge < -0.3 is 4.74 Å². The third-order valence-electron chi connectivity index (χ3n) is 3.74. The zero-order valence-corrected chi connectivity index (χ0v) is 14.0. The number of ether oxygens (including phenoxy) is 1. The number of aromatic nitrogens is 2. The number of nitrogens with zero attached hydrogens (tertiary/aromatic N) is 2. The van der Waals surface area contributed by atoms with Crippen LogP contribution in [0.3, 0.4) is 0 Å².